The molecule has 2 aromatic rings. The number of benzene rings is 2. The summed E-state index contributed by atoms with van der Waals surface area (Å²) < 4.78 is 11.1. The van der Waals surface area contributed by atoms with Crippen molar-refractivity contribution in [3.8, 4) is 11.5 Å². The third kappa shape index (κ3) is 2.68. The van der Waals surface area contributed by atoms with Gasteiger partial charge in [-0.2, -0.15) is 0 Å². The summed E-state index contributed by atoms with van der Waals surface area (Å²) in [5, 5.41) is 0. The Labute approximate surface area is 123 Å². The van der Waals surface area contributed by atoms with Gasteiger partial charge in [-0.25, -0.2) is 0 Å². The summed E-state index contributed by atoms with van der Waals surface area (Å²) in [6.07, 6.45) is 2.12. The number of rotatable bonds is 2. The lowest BCUT2D eigenvalue weighted by atomic mass is 9.99. The lowest BCUT2D eigenvalue weighted by Crippen LogP contribution is -2.10. The second kappa shape index (κ2) is 5.44. The van der Waals surface area contributed by atoms with Gasteiger partial charge >= 0.3 is 5.97 Å². The van der Waals surface area contributed by atoms with E-state index in [-0.39, 0.29) is 5.97 Å². The molecule has 0 saturated heterocycles. The predicted molar refractivity (Wildman–Crippen MR) is 82.3 cm³/mol. The van der Waals surface area contributed by atoms with Crippen molar-refractivity contribution in [1.29, 1.82) is 0 Å². The first kappa shape index (κ1) is 13.4. The maximum absolute atomic E-state index is 11.1. The second-order valence-corrected chi connectivity index (χ2v) is 5.02. The van der Waals surface area contributed by atoms with E-state index in [9.17, 15) is 4.79 Å². The molecule has 106 valence electrons. The van der Waals surface area contributed by atoms with E-state index in [1.54, 1.807) is 0 Å². The molecule has 0 saturated carbocycles. The fraction of sp³-hybridized carbons (Fsp3) is 0.167. The van der Waals surface area contributed by atoms with Crippen molar-refractivity contribution in [2.24, 2.45) is 0 Å². The maximum Gasteiger partial charge on any atom is 0.308 e. The molecule has 3 rings (SSSR count). The highest BCUT2D eigenvalue weighted by Gasteiger charge is 2.18. The number of hydrogen-bond acceptors (Lipinski definition) is 3. The minimum atomic E-state index is -0.325. The third-order valence-electron chi connectivity index (χ3n) is 3.49. The Morgan fingerprint density at radius 3 is 2.62 bits per heavy atom. The zero-order chi connectivity index (χ0) is 14.8. The van der Waals surface area contributed by atoms with E-state index in [1.807, 2.05) is 37.3 Å². The quantitative estimate of drug-likeness (QED) is 0.619. The first-order chi connectivity index (χ1) is 10.1. The van der Waals surface area contributed by atoms with Gasteiger partial charge < -0.3 is 9.47 Å². The fourth-order valence-corrected chi connectivity index (χ4v) is 2.46. The van der Waals surface area contributed by atoms with Gasteiger partial charge in [0.15, 0.2) is 0 Å². The van der Waals surface area contributed by atoms with Crippen molar-refractivity contribution >= 4 is 17.6 Å². The molecular weight excluding hydrogens is 264 g/mol. The van der Waals surface area contributed by atoms with Gasteiger partial charge in [0, 0.05) is 18.1 Å². The number of esters is 1. The van der Waals surface area contributed by atoms with Crippen LogP contribution in [0.3, 0.4) is 0 Å². The second-order valence-electron chi connectivity index (χ2n) is 5.02. The smallest absolute Gasteiger partial charge is 0.308 e. The zero-order valence-electron chi connectivity index (χ0n) is 12.1. The molecule has 1 aliphatic heterocycles. The third-order valence-corrected chi connectivity index (χ3v) is 3.49. The largest absolute Gasteiger partial charge is 0.488 e. The first-order valence-corrected chi connectivity index (χ1v) is 6.86. The monoisotopic (exact) mass is 280 g/mol. The molecule has 1 aliphatic rings. The van der Waals surface area contributed by atoms with Gasteiger partial charge in [0.2, 0.25) is 0 Å². The molecule has 0 unspecified atom stereocenters. The van der Waals surface area contributed by atoms with E-state index in [0.717, 1.165) is 28.0 Å². The number of hydrogen-bond donors (Lipinski definition) is 0. The Bertz CT molecular complexity index is 715. The maximum atomic E-state index is 11.1. The van der Waals surface area contributed by atoms with Crippen LogP contribution in [0.2, 0.25) is 0 Å². The highest BCUT2D eigenvalue weighted by Crippen LogP contribution is 2.37. The summed E-state index contributed by atoms with van der Waals surface area (Å²) in [6.45, 7) is 3.81. The lowest BCUT2D eigenvalue weighted by Gasteiger charge is -2.21. The molecule has 0 fully saturated rings. The normalized spacial score (nSPS) is 13.0. The van der Waals surface area contributed by atoms with Crippen LogP contribution in [-0.2, 0) is 4.79 Å². The average Bonchev–Trinajstić information content (AvgIpc) is 2.50. The van der Waals surface area contributed by atoms with Crippen LogP contribution in [0.25, 0.3) is 11.6 Å². The molecule has 0 N–H and O–H groups in total. The standard InChI is InChI=1S/C18H16O3/c1-12-17(21-13(2)19)9-8-15-10-16(11-20-18(12)15)14-6-4-3-5-7-14/h3-10H,11H2,1-2H3. The fourth-order valence-electron chi connectivity index (χ4n) is 2.46. The van der Waals surface area contributed by atoms with Crippen LogP contribution in [0.5, 0.6) is 11.5 Å². The average molecular weight is 280 g/mol. The van der Waals surface area contributed by atoms with Crippen LogP contribution in [0.1, 0.15) is 23.6 Å². The molecular formula is C18H16O3. The number of ether oxygens (including phenoxy) is 2. The van der Waals surface area contributed by atoms with Gasteiger partial charge in [-0.1, -0.05) is 30.3 Å². The molecule has 0 aromatic heterocycles. The molecule has 0 atom stereocenters. The summed E-state index contributed by atoms with van der Waals surface area (Å²) >= 11 is 0. The van der Waals surface area contributed by atoms with Gasteiger partial charge in [-0.3, -0.25) is 4.79 Å². The Balaban J connectivity index is 1.99. The molecule has 0 spiro atoms. The topological polar surface area (TPSA) is 35.5 Å². The van der Waals surface area contributed by atoms with E-state index < -0.39 is 0 Å². The molecule has 21 heavy (non-hydrogen) atoms. The van der Waals surface area contributed by atoms with Crippen molar-refractivity contribution in [1.82, 2.24) is 0 Å². The van der Waals surface area contributed by atoms with Gasteiger partial charge in [0.05, 0.1) is 0 Å². The van der Waals surface area contributed by atoms with E-state index in [4.69, 9.17) is 9.47 Å². The van der Waals surface area contributed by atoms with Crippen molar-refractivity contribution in [2.45, 2.75) is 13.8 Å². The predicted octanol–water partition coefficient (Wildman–Crippen LogP) is 3.85. The Morgan fingerprint density at radius 1 is 1.14 bits per heavy atom. The van der Waals surface area contributed by atoms with Crippen LogP contribution in [-0.4, -0.2) is 12.6 Å². The van der Waals surface area contributed by atoms with E-state index >= 15 is 0 Å². The highest BCUT2D eigenvalue weighted by atomic mass is 16.5. The summed E-state index contributed by atoms with van der Waals surface area (Å²) in [6, 6.07) is 13.9. The Hall–Kier alpha value is -2.55. The summed E-state index contributed by atoms with van der Waals surface area (Å²) in [5.41, 5.74) is 4.16. The molecule has 0 aliphatic carbocycles. The van der Waals surface area contributed by atoms with Crippen LogP contribution in [0.4, 0.5) is 0 Å². The molecule has 0 bridgehead atoms. The van der Waals surface area contributed by atoms with Crippen molar-refractivity contribution in [2.75, 3.05) is 6.61 Å². The van der Waals surface area contributed by atoms with Crippen molar-refractivity contribution < 1.29 is 14.3 Å². The minimum Gasteiger partial charge on any atom is -0.488 e. The van der Waals surface area contributed by atoms with E-state index in [0.29, 0.717) is 12.4 Å². The van der Waals surface area contributed by atoms with Gasteiger partial charge in [0.25, 0.3) is 0 Å². The number of carbonyl (C=O) groups is 1. The van der Waals surface area contributed by atoms with Crippen molar-refractivity contribution in [3.63, 3.8) is 0 Å². The number of fused-ring (bicyclic) bond motifs is 1. The Morgan fingerprint density at radius 2 is 1.90 bits per heavy atom. The lowest BCUT2D eigenvalue weighted by molar-refractivity contribution is -0.131. The van der Waals surface area contributed by atoms with Crippen LogP contribution in [0.15, 0.2) is 42.5 Å². The highest BCUT2D eigenvalue weighted by molar-refractivity contribution is 5.86. The van der Waals surface area contributed by atoms with Gasteiger partial charge in [-0.15, -0.1) is 0 Å². The SMILES string of the molecule is CC(=O)Oc1ccc2c(c1C)OCC(c1ccccc1)=C2. The zero-order valence-corrected chi connectivity index (χ0v) is 12.1. The van der Waals surface area contributed by atoms with E-state index in [2.05, 4.69) is 18.2 Å². The first-order valence-electron chi connectivity index (χ1n) is 6.86. The minimum absolute atomic E-state index is 0.325. The molecule has 2 aromatic carbocycles. The molecule has 1 heterocycles. The number of carbonyl (C=O) groups excluding carboxylic acids is 1. The Kier molecular flexibility index (Phi) is 3.48. The molecule has 0 amide bonds. The summed E-state index contributed by atoms with van der Waals surface area (Å²) in [7, 11) is 0. The van der Waals surface area contributed by atoms with Crippen LogP contribution in [0, 0.1) is 6.92 Å². The van der Waals surface area contributed by atoms with Gasteiger partial charge in [-0.05, 0) is 36.3 Å². The van der Waals surface area contributed by atoms with Gasteiger partial charge in [0.1, 0.15) is 18.1 Å². The van der Waals surface area contributed by atoms with E-state index in [1.165, 1.54) is 6.92 Å². The summed E-state index contributed by atoms with van der Waals surface area (Å²) in [5.74, 6) is 1.01. The van der Waals surface area contributed by atoms with Crippen LogP contribution < -0.4 is 9.47 Å². The van der Waals surface area contributed by atoms with Crippen LogP contribution >= 0.6 is 0 Å². The molecule has 3 heteroatoms. The summed E-state index contributed by atoms with van der Waals surface area (Å²) in [4.78, 5) is 11.1. The molecule has 0 radical (unpaired) electrons. The van der Waals surface area contributed by atoms with Crippen molar-refractivity contribution in [3.05, 3.63) is 59.2 Å². The molecule has 3 nitrogen and oxygen atoms in total.